The molecule has 1 saturated heterocycles. The number of aryl methyl sites for hydroxylation is 1. The Morgan fingerprint density at radius 1 is 1.29 bits per heavy atom. The third-order valence-corrected chi connectivity index (χ3v) is 5.34. The lowest BCUT2D eigenvalue weighted by Crippen LogP contribution is -2.54. The standard InChI is InChI=1S/C18H20N4O2/c1-12-3-4-15-14(7-12)16(23)22(13-8-20(9-13)11-19)17(24)21(15)10-18(2)5-6-18/h3-4,7,13H,5-6,8-10H2,1-2H3. The van der Waals surface area contributed by atoms with Crippen LogP contribution in [0.1, 0.15) is 31.4 Å². The zero-order valence-electron chi connectivity index (χ0n) is 14.0. The average Bonchev–Trinajstić information content (AvgIpc) is 3.23. The summed E-state index contributed by atoms with van der Waals surface area (Å²) in [7, 11) is 0. The zero-order valence-corrected chi connectivity index (χ0v) is 14.0. The van der Waals surface area contributed by atoms with Gasteiger partial charge < -0.3 is 4.90 Å². The maximum absolute atomic E-state index is 13.0. The van der Waals surface area contributed by atoms with Gasteiger partial charge in [-0.25, -0.2) is 4.79 Å². The summed E-state index contributed by atoms with van der Waals surface area (Å²) >= 11 is 0. The van der Waals surface area contributed by atoms with Gasteiger partial charge in [-0.15, -0.1) is 0 Å². The second-order valence-corrected chi connectivity index (χ2v) is 7.53. The summed E-state index contributed by atoms with van der Waals surface area (Å²) in [6.45, 7) is 5.62. The van der Waals surface area contributed by atoms with Crippen molar-refractivity contribution >= 4 is 10.9 Å². The number of aromatic nitrogens is 2. The third kappa shape index (κ3) is 2.23. The molecule has 1 aliphatic heterocycles. The number of fused-ring (bicyclic) bond motifs is 1. The first-order valence-electron chi connectivity index (χ1n) is 8.32. The highest BCUT2D eigenvalue weighted by Gasteiger charge is 2.39. The maximum Gasteiger partial charge on any atom is 0.331 e. The van der Waals surface area contributed by atoms with Crippen LogP contribution in [0.15, 0.2) is 27.8 Å². The van der Waals surface area contributed by atoms with Crippen molar-refractivity contribution in [3.05, 3.63) is 44.6 Å². The van der Waals surface area contributed by atoms with Gasteiger partial charge in [-0.3, -0.25) is 13.9 Å². The lowest BCUT2D eigenvalue weighted by molar-refractivity contribution is 0.166. The third-order valence-electron chi connectivity index (χ3n) is 5.34. The quantitative estimate of drug-likeness (QED) is 0.804. The molecule has 0 atom stereocenters. The van der Waals surface area contributed by atoms with Crippen LogP contribution in [0.5, 0.6) is 0 Å². The number of hydrogen-bond acceptors (Lipinski definition) is 4. The van der Waals surface area contributed by atoms with Gasteiger partial charge in [0, 0.05) is 6.54 Å². The number of hydrogen-bond donors (Lipinski definition) is 0. The summed E-state index contributed by atoms with van der Waals surface area (Å²) in [6, 6.07) is 5.47. The maximum atomic E-state index is 13.0. The van der Waals surface area contributed by atoms with Crippen molar-refractivity contribution in [2.24, 2.45) is 5.41 Å². The minimum atomic E-state index is -0.243. The highest BCUT2D eigenvalue weighted by Crippen LogP contribution is 2.46. The molecule has 1 aliphatic carbocycles. The van der Waals surface area contributed by atoms with Crippen LogP contribution in [0.3, 0.4) is 0 Å². The number of nitriles is 1. The average molecular weight is 324 g/mol. The van der Waals surface area contributed by atoms with E-state index in [1.54, 1.807) is 9.47 Å². The molecule has 0 bridgehead atoms. The summed E-state index contributed by atoms with van der Waals surface area (Å²) in [5.41, 5.74) is 1.39. The van der Waals surface area contributed by atoms with E-state index in [1.165, 1.54) is 4.57 Å². The normalized spacial score (nSPS) is 19.1. The van der Waals surface area contributed by atoms with Gasteiger partial charge in [-0.05, 0) is 37.3 Å². The predicted molar refractivity (Wildman–Crippen MR) is 90.8 cm³/mol. The van der Waals surface area contributed by atoms with Gasteiger partial charge in [0.2, 0.25) is 0 Å². The fourth-order valence-corrected chi connectivity index (χ4v) is 3.43. The van der Waals surface area contributed by atoms with E-state index in [0.717, 1.165) is 23.9 Å². The van der Waals surface area contributed by atoms with E-state index >= 15 is 0 Å². The van der Waals surface area contributed by atoms with Crippen LogP contribution in [0.2, 0.25) is 0 Å². The lowest BCUT2D eigenvalue weighted by Gasteiger charge is -2.35. The topological polar surface area (TPSA) is 71.0 Å². The minimum absolute atomic E-state index is 0.155. The van der Waals surface area contributed by atoms with Crippen LogP contribution in [0.25, 0.3) is 10.9 Å². The summed E-state index contributed by atoms with van der Waals surface area (Å²) < 4.78 is 3.12. The molecule has 0 amide bonds. The van der Waals surface area contributed by atoms with Gasteiger partial charge in [0.25, 0.3) is 5.56 Å². The second kappa shape index (κ2) is 4.97. The Balaban J connectivity index is 1.94. The van der Waals surface area contributed by atoms with Gasteiger partial charge in [-0.2, -0.15) is 5.26 Å². The largest absolute Gasteiger partial charge is 0.331 e. The van der Waals surface area contributed by atoms with Gasteiger partial charge >= 0.3 is 5.69 Å². The molecule has 1 saturated carbocycles. The van der Waals surface area contributed by atoms with Crippen molar-refractivity contribution in [1.29, 1.82) is 5.26 Å². The summed E-state index contributed by atoms with van der Waals surface area (Å²) in [5, 5.41) is 9.51. The first-order valence-corrected chi connectivity index (χ1v) is 8.32. The van der Waals surface area contributed by atoms with Gasteiger partial charge in [-0.1, -0.05) is 18.6 Å². The highest BCUT2D eigenvalue weighted by atomic mass is 16.2. The Hall–Kier alpha value is -2.55. The number of benzene rings is 1. The zero-order chi connectivity index (χ0) is 17.1. The first-order chi connectivity index (χ1) is 11.4. The fourth-order valence-electron chi connectivity index (χ4n) is 3.43. The SMILES string of the molecule is Cc1ccc2c(c1)c(=O)n(C1CN(C#N)C1)c(=O)n2CC1(C)CC1. The summed E-state index contributed by atoms with van der Waals surface area (Å²) in [6.07, 6.45) is 4.28. The van der Waals surface area contributed by atoms with Crippen LogP contribution >= 0.6 is 0 Å². The van der Waals surface area contributed by atoms with E-state index in [4.69, 9.17) is 5.26 Å². The van der Waals surface area contributed by atoms with E-state index in [2.05, 4.69) is 13.1 Å². The minimum Gasteiger partial charge on any atom is -0.306 e. The molecule has 0 unspecified atom stereocenters. The van der Waals surface area contributed by atoms with E-state index in [0.29, 0.717) is 25.0 Å². The van der Waals surface area contributed by atoms with Crippen LogP contribution in [-0.4, -0.2) is 27.1 Å². The molecular weight excluding hydrogens is 304 g/mol. The van der Waals surface area contributed by atoms with Gasteiger partial charge in [0.05, 0.1) is 30.0 Å². The van der Waals surface area contributed by atoms with E-state index in [-0.39, 0.29) is 22.7 Å². The molecule has 2 heterocycles. The molecule has 124 valence electrons. The molecule has 2 fully saturated rings. The van der Waals surface area contributed by atoms with Crippen LogP contribution in [0, 0.1) is 23.8 Å². The van der Waals surface area contributed by atoms with Crippen molar-refractivity contribution < 1.29 is 0 Å². The Bertz CT molecular complexity index is 985. The van der Waals surface area contributed by atoms with Crippen molar-refractivity contribution in [3.8, 4) is 6.19 Å². The predicted octanol–water partition coefficient (Wildman–Crippen LogP) is 1.61. The van der Waals surface area contributed by atoms with E-state index in [9.17, 15) is 9.59 Å². The number of likely N-dealkylation sites (tertiary alicyclic amines) is 1. The number of nitrogens with zero attached hydrogens (tertiary/aromatic N) is 4. The molecule has 6 nitrogen and oxygen atoms in total. The van der Waals surface area contributed by atoms with Crippen LogP contribution < -0.4 is 11.2 Å². The lowest BCUT2D eigenvalue weighted by atomic mass is 10.1. The van der Waals surface area contributed by atoms with E-state index in [1.807, 2.05) is 25.1 Å². The number of rotatable bonds is 3. The molecule has 0 N–H and O–H groups in total. The van der Waals surface area contributed by atoms with Crippen molar-refractivity contribution in [2.45, 2.75) is 39.3 Å². The molecule has 2 aromatic rings. The van der Waals surface area contributed by atoms with Crippen molar-refractivity contribution in [3.63, 3.8) is 0 Å². The molecule has 2 aliphatic rings. The molecule has 24 heavy (non-hydrogen) atoms. The van der Waals surface area contributed by atoms with Crippen LogP contribution in [0.4, 0.5) is 0 Å². The fraction of sp³-hybridized carbons (Fsp3) is 0.500. The van der Waals surface area contributed by atoms with Crippen molar-refractivity contribution in [1.82, 2.24) is 14.0 Å². The van der Waals surface area contributed by atoms with Crippen molar-refractivity contribution in [2.75, 3.05) is 13.1 Å². The Kier molecular flexibility index (Phi) is 3.11. The molecule has 0 spiro atoms. The first kappa shape index (κ1) is 15.0. The summed E-state index contributed by atoms with van der Waals surface area (Å²) in [4.78, 5) is 27.5. The second-order valence-electron chi connectivity index (χ2n) is 7.53. The van der Waals surface area contributed by atoms with Gasteiger partial charge in [0.15, 0.2) is 6.19 Å². The highest BCUT2D eigenvalue weighted by molar-refractivity contribution is 5.78. The summed E-state index contributed by atoms with van der Waals surface area (Å²) in [5.74, 6) is 0. The Morgan fingerprint density at radius 3 is 2.62 bits per heavy atom. The Labute approximate surface area is 139 Å². The molecule has 6 heteroatoms. The molecule has 0 radical (unpaired) electrons. The molecule has 4 rings (SSSR count). The smallest absolute Gasteiger partial charge is 0.306 e. The molecule has 1 aromatic heterocycles. The molecular formula is C18H20N4O2. The van der Waals surface area contributed by atoms with Crippen LogP contribution in [-0.2, 0) is 6.54 Å². The molecule has 1 aromatic carbocycles. The van der Waals surface area contributed by atoms with Gasteiger partial charge in [0.1, 0.15) is 0 Å². The van der Waals surface area contributed by atoms with E-state index < -0.39 is 0 Å². The Morgan fingerprint density at radius 2 is 2.00 bits per heavy atom. The monoisotopic (exact) mass is 324 g/mol.